The molecule has 0 aliphatic carbocycles. The number of hydrogen-bond acceptors (Lipinski definition) is 4. The lowest BCUT2D eigenvalue weighted by atomic mass is 10.1. The molecule has 1 atom stereocenters. The van der Waals surface area contributed by atoms with Crippen LogP contribution in [0.25, 0.3) is 0 Å². The van der Waals surface area contributed by atoms with Crippen LogP contribution in [0.15, 0.2) is 41.3 Å². The van der Waals surface area contributed by atoms with Gasteiger partial charge in [-0.3, -0.25) is 4.79 Å². The Kier molecular flexibility index (Phi) is 6.28. The number of hydrogen-bond donors (Lipinski definition) is 2. The summed E-state index contributed by atoms with van der Waals surface area (Å²) in [6.45, 7) is 5.29. The van der Waals surface area contributed by atoms with Gasteiger partial charge in [0.15, 0.2) is 0 Å². The Labute approximate surface area is 158 Å². The molecular formula is C18H21ClN2O4S. The standard InChI is InChI=1S/C18H21ClN2O4S/c1-11-6-5-7-15(12(11)2)20-18(22)13(3)21-26(23,24)17-10-14(19)8-9-16(17)25-4/h5-10,13,21H,1-4H3,(H,20,22)/t13-/m1/s1. The van der Waals surface area contributed by atoms with Crippen molar-refractivity contribution in [3.63, 3.8) is 0 Å². The minimum absolute atomic E-state index is 0.126. The van der Waals surface area contributed by atoms with Gasteiger partial charge < -0.3 is 10.1 Å². The SMILES string of the molecule is COc1ccc(Cl)cc1S(=O)(=O)N[C@H](C)C(=O)Nc1cccc(C)c1C. The molecule has 0 radical (unpaired) electrons. The van der Waals surface area contributed by atoms with E-state index in [2.05, 4.69) is 10.0 Å². The van der Waals surface area contributed by atoms with Crippen LogP contribution in [-0.2, 0) is 14.8 Å². The smallest absolute Gasteiger partial charge is 0.245 e. The Morgan fingerprint density at radius 1 is 1.19 bits per heavy atom. The quantitative estimate of drug-likeness (QED) is 0.784. The number of carbonyl (C=O) groups is 1. The molecule has 1 amide bonds. The maximum absolute atomic E-state index is 12.6. The molecule has 0 fully saturated rings. The van der Waals surface area contributed by atoms with E-state index in [0.717, 1.165) is 11.1 Å². The van der Waals surface area contributed by atoms with E-state index in [1.54, 1.807) is 6.07 Å². The minimum Gasteiger partial charge on any atom is -0.495 e. The Bertz CT molecular complexity index is 929. The summed E-state index contributed by atoms with van der Waals surface area (Å²) in [5, 5.41) is 2.99. The third kappa shape index (κ3) is 4.55. The zero-order chi connectivity index (χ0) is 19.5. The fourth-order valence-corrected chi connectivity index (χ4v) is 3.97. The molecule has 2 aromatic carbocycles. The first-order valence-corrected chi connectivity index (χ1v) is 9.74. The van der Waals surface area contributed by atoms with Gasteiger partial charge in [0.25, 0.3) is 0 Å². The van der Waals surface area contributed by atoms with Crippen LogP contribution in [0.4, 0.5) is 5.69 Å². The number of anilines is 1. The van der Waals surface area contributed by atoms with Crippen LogP contribution in [-0.4, -0.2) is 27.5 Å². The van der Waals surface area contributed by atoms with Crippen LogP contribution in [0.2, 0.25) is 5.02 Å². The largest absolute Gasteiger partial charge is 0.495 e. The fourth-order valence-electron chi connectivity index (χ4n) is 2.34. The summed E-state index contributed by atoms with van der Waals surface area (Å²) in [5.74, 6) is -0.327. The van der Waals surface area contributed by atoms with Crippen molar-refractivity contribution < 1.29 is 17.9 Å². The molecule has 0 saturated carbocycles. The van der Waals surface area contributed by atoms with Crippen molar-refractivity contribution in [1.29, 1.82) is 0 Å². The van der Waals surface area contributed by atoms with Gasteiger partial charge in [-0.2, -0.15) is 4.72 Å². The number of benzene rings is 2. The van der Waals surface area contributed by atoms with Gasteiger partial charge in [0, 0.05) is 10.7 Å². The van der Waals surface area contributed by atoms with Crippen molar-refractivity contribution in [2.24, 2.45) is 0 Å². The third-order valence-electron chi connectivity index (χ3n) is 4.00. The zero-order valence-electron chi connectivity index (χ0n) is 15.0. The average molecular weight is 397 g/mol. The molecule has 0 bridgehead atoms. The number of ether oxygens (including phenoxy) is 1. The Hall–Kier alpha value is -2.09. The Morgan fingerprint density at radius 3 is 2.54 bits per heavy atom. The molecule has 0 aliphatic rings. The third-order valence-corrected chi connectivity index (χ3v) is 5.80. The van der Waals surface area contributed by atoms with Gasteiger partial charge in [0.2, 0.25) is 15.9 Å². The molecule has 0 aromatic heterocycles. The van der Waals surface area contributed by atoms with Crippen LogP contribution in [0.5, 0.6) is 5.75 Å². The first-order chi connectivity index (χ1) is 12.2. The Balaban J connectivity index is 2.20. The van der Waals surface area contributed by atoms with Gasteiger partial charge in [0.1, 0.15) is 10.6 Å². The van der Waals surface area contributed by atoms with Gasteiger partial charge in [-0.1, -0.05) is 23.7 Å². The number of sulfonamides is 1. The number of halogens is 1. The highest BCUT2D eigenvalue weighted by Crippen LogP contribution is 2.27. The highest BCUT2D eigenvalue weighted by molar-refractivity contribution is 7.89. The highest BCUT2D eigenvalue weighted by Gasteiger charge is 2.25. The van der Waals surface area contributed by atoms with E-state index >= 15 is 0 Å². The number of rotatable bonds is 6. The van der Waals surface area contributed by atoms with E-state index in [1.165, 1.54) is 32.2 Å². The summed E-state index contributed by atoms with van der Waals surface area (Å²) >= 11 is 5.89. The van der Waals surface area contributed by atoms with E-state index in [4.69, 9.17) is 16.3 Å². The topological polar surface area (TPSA) is 84.5 Å². The highest BCUT2D eigenvalue weighted by atomic mass is 35.5. The summed E-state index contributed by atoms with van der Waals surface area (Å²) < 4.78 is 32.7. The van der Waals surface area contributed by atoms with Gasteiger partial charge in [0.05, 0.1) is 13.2 Å². The first kappa shape index (κ1) is 20.2. The molecule has 140 valence electrons. The molecule has 2 rings (SSSR count). The summed E-state index contributed by atoms with van der Waals surface area (Å²) in [6.07, 6.45) is 0. The molecule has 2 aromatic rings. The van der Waals surface area contributed by atoms with Crippen molar-refractivity contribution >= 4 is 33.2 Å². The van der Waals surface area contributed by atoms with Crippen LogP contribution in [0.1, 0.15) is 18.1 Å². The number of aryl methyl sites for hydroxylation is 1. The molecule has 26 heavy (non-hydrogen) atoms. The maximum atomic E-state index is 12.6. The second kappa shape index (κ2) is 8.07. The number of amides is 1. The maximum Gasteiger partial charge on any atom is 0.245 e. The van der Waals surface area contributed by atoms with E-state index in [-0.39, 0.29) is 15.7 Å². The van der Waals surface area contributed by atoms with Crippen molar-refractivity contribution in [2.45, 2.75) is 31.7 Å². The molecule has 2 N–H and O–H groups in total. The van der Waals surface area contributed by atoms with Crippen molar-refractivity contribution in [1.82, 2.24) is 4.72 Å². The van der Waals surface area contributed by atoms with Crippen LogP contribution < -0.4 is 14.8 Å². The monoisotopic (exact) mass is 396 g/mol. The molecular weight excluding hydrogens is 376 g/mol. The molecule has 6 nitrogen and oxygen atoms in total. The van der Waals surface area contributed by atoms with Gasteiger partial charge in [-0.05, 0) is 56.2 Å². The summed E-state index contributed by atoms with van der Waals surface area (Å²) in [7, 11) is -2.64. The van der Waals surface area contributed by atoms with Crippen molar-refractivity contribution in [3.8, 4) is 5.75 Å². The molecule has 0 saturated heterocycles. The predicted molar refractivity (Wildman–Crippen MR) is 102 cm³/mol. The number of nitrogens with one attached hydrogen (secondary N) is 2. The number of carbonyl (C=O) groups excluding carboxylic acids is 1. The van der Waals surface area contributed by atoms with E-state index < -0.39 is 22.0 Å². The second-order valence-corrected chi connectivity index (χ2v) is 7.99. The van der Waals surface area contributed by atoms with Gasteiger partial charge in [-0.25, -0.2) is 8.42 Å². The summed E-state index contributed by atoms with van der Waals surface area (Å²) in [6, 6.07) is 8.78. The lowest BCUT2D eigenvalue weighted by Crippen LogP contribution is -2.41. The Morgan fingerprint density at radius 2 is 1.88 bits per heavy atom. The van der Waals surface area contributed by atoms with E-state index in [9.17, 15) is 13.2 Å². The predicted octanol–water partition coefficient (Wildman–Crippen LogP) is 3.27. The second-order valence-electron chi connectivity index (χ2n) is 5.87. The van der Waals surface area contributed by atoms with Gasteiger partial charge >= 0.3 is 0 Å². The lowest BCUT2D eigenvalue weighted by Gasteiger charge is -2.17. The van der Waals surface area contributed by atoms with Crippen molar-refractivity contribution in [3.05, 3.63) is 52.5 Å². The average Bonchev–Trinajstić information content (AvgIpc) is 2.58. The normalized spacial score (nSPS) is 12.5. The zero-order valence-corrected chi connectivity index (χ0v) is 16.5. The molecule has 0 aliphatic heterocycles. The summed E-state index contributed by atoms with van der Waals surface area (Å²) in [5.41, 5.74) is 2.59. The molecule has 0 spiro atoms. The molecule has 0 heterocycles. The minimum atomic E-state index is -4.00. The number of methoxy groups -OCH3 is 1. The van der Waals surface area contributed by atoms with E-state index in [0.29, 0.717) is 5.69 Å². The fraction of sp³-hybridized carbons (Fsp3) is 0.278. The van der Waals surface area contributed by atoms with Crippen LogP contribution in [0, 0.1) is 13.8 Å². The summed E-state index contributed by atoms with van der Waals surface area (Å²) in [4.78, 5) is 12.3. The molecule has 0 unspecified atom stereocenters. The van der Waals surface area contributed by atoms with Crippen LogP contribution >= 0.6 is 11.6 Å². The lowest BCUT2D eigenvalue weighted by molar-refractivity contribution is -0.117. The van der Waals surface area contributed by atoms with Crippen LogP contribution in [0.3, 0.4) is 0 Å². The first-order valence-electron chi connectivity index (χ1n) is 7.88. The molecule has 8 heteroatoms. The van der Waals surface area contributed by atoms with E-state index in [1.807, 2.05) is 26.0 Å². The van der Waals surface area contributed by atoms with Gasteiger partial charge in [-0.15, -0.1) is 0 Å². The van der Waals surface area contributed by atoms with Crippen molar-refractivity contribution in [2.75, 3.05) is 12.4 Å².